The third-order valence-electron chi connectivity index (χ3n) is 9.29. The van der Waals surface area contributed by atoms with E-state index in [4.69, 9.17) is 4.74 Å². The van der Waals surface area contributed by atoms with Crippen molar-refractivity contribution in [2.45, 2.75) is 12.8 Å². The van der Waals surface area contributed by atoms with Crippen molar-refractivity contribution in [1.82, 2.24) is 14.5 Å². The van der Waals surface area contributed by atoms with Crippen LogP contribution in [0, 0.1) is 0 Å². The number of aryl methyl sites for hydroxylation is 2. The highest BCUT2D eigenvalue weighted by Gasteiger charge is 2.30. The summed E-state index contributed by atoms with van der Waals surface area (Å²) < 4.78 is 8.76. The van der Waals surface area contributed by atoms with Crippen molar-refractivity contribution in [3.63, 3.8) is 0 Å². The first-order valence-electron chi connectivity index (χ1n) is 16.1. The maximum absolute atomic E-state index is 6.55. The number of nitrogens with zero attached hydrogens (tertiary/aromatic N) is 5. The molecule has 5 aromatic carbocycles. The van der Waals surface area contributed by atoms with Gasteiger partial charge in [-0.25, -0.2) is 4.98 Å². The highest BCUT2D eigenvalue weighted by molar-refractivity contribution is 6.09. The van der Waals surface area contributed by atoms with Crippen LogP contribution in [0.4, 0.5) is 17.1 Å². The normalized spacial score (nSPS) is 14.2. The number of hydrogen-bond donors (Lipinski definition) is 0. The second-order valence-corrected chi connectivity index (χ2v) is 12.2. The molecule has 2 aliphatic rings. The largest absolute Gasteiger partial charge is 0.457 e. The zero-order chi connectivity index (χ0) is 31.3. The Labute approximate surface area is 274 Å². The van der Waals surface area contributed by atoms with Gasteiger partial charge in [-0.2, -0.15) is 0 Å². The molecule has 0 unspecified atom stereocenters. The van der Waals surface area contributed by atoms with Crippen molar-refractivity contribution in [1.29, 1.82) is 0 Å². The first-order chi connectivity index (χ1) is 23.2. The Hall–Kier alpha value is -6.01. The fourth-order valence-electron chi connectivity index (χ4n) is 7.10. The van der Waals surface area contributed by atoms with E-state index in [-0.39, 0.29) is 0 Å². The van der Waals surface area contributed by atoms with Crippen molar-refractivity contribution in [3.05, 3.63) is 163 Å². The quantitative estimate of drug-likeness (QED) is 0.194. The number of aromatic nitrogens is 2. The summed E-state index contributed by atoms with van der Waals surface area (Å²) in [7, 11) is 2.16. The Morgan fingerprint density at radius 1 is 0.617 bits per heavy atom. The van der Waals surface area contributed by atoms with E-state index in [1.54, 1.807) is 0 Å². The summed E-state index contributed by atoms with van der Waals surface area (Å²) in [5.74, 6) is 3.60. The van der Waals surface area contributed by atoms with Crippen LogP contribution in [0.15, 0.2) is 152 Å². The highest BCUT2D eigenvalue weighted by Crippen LogP contribution is 2.41. The molecule has 0 saturated heterocycles. The molecule has 7 aromatic rings. The minimum absolute atomic E-state index is 0.732. The predicted molar refractivity (Wildman–Crippen MR) is 191 cm³/mol. The molecular formula is C41H33N5O. The van der Waals surface area contributed by atoms with Gasteiger partial charge in [0.25, 0.3) is 0 Å². The average molecular weight is 612 g/mol. The van der Waals surface area contributed by atoms with Gasteiger partial charge in [0, 0.05) is 48.0 Å². The second kappa shape index (κ2) is 11.1. The first kappa shape index (κ1) is 27.3. The Kier molecular flexibility index (Phi) is 6.45. The SMILES string of the molecule is CN1CN(c2cccc(Oc3ccc4c5ccccc5n(-c5ccccn5)c4c3)c2)C=C1N1c2ccccc2CCc2ccccc21. The van der Waals surface area contributed by atoms with Crippen LogP contribution < -0.4 is 14.5 Å². The molecule has 0 radical (unpaired) electrons. The molecule has 228 valence electrons. The summed E-state index contributed by atoms with van der Waals surface area (Å²) in [6.07, 6.45) is 6.15. The van der Waals surface area contributed by atoms with Crippen LogP contribution in [0.25, 0.3) is 27.6 Å². The van der Waals surface area contributed by atoms with Crippen molar-refractivity contribution in [2.75, 3.05) is 23.5 Å². The highest BCUT2D eigenvalue weighted by atomic mass is 16.5. The molecule has 47 heavy (non-hydrogen) atoms. The van der Waals surface area contributed by atoms with Crippen LogP contribution in [-0.2, 0) is 12.8 Å². The molecule has 0 bridgehead atoms. The average Bonchev–Trinajstić information content (AvgIpc) is 3.60. The molecule has 6 nitrogen and oxygen atoms in total. The van der Waals surface area contributed by atoms with Gasteiger partial charge in [-0.1, -0.05) is 66.7 Å². The van der Waals surface area contributed by atoms with E-state index in [2.05, 4.69) is 147 Å². The molecule has 0 saturated carbocycles. The molecule has 0 atom stereocenters. The fourth-order valence-corrected chi connectivity index (χ4v) is 7.10. The van der Waals surface area contributed by atoms with E-state index < -0.39 is 0 Å². The Morgan fingerprint density at radius 2 is 1.32 bits per heavy atom. The third-order valence-corrected chi connectivity index (χ3v) is 9.29. The molecule has 6 heteroatoms. The van der Waals surface area contributed by atoms with Crippen molar-refractivity contribution >= 4 is 38.9 Å². The summed E-state index contributed by atoms with van der Waals surface area (Å²) in [5, 5.41) is 2.36. The molecule has 2 aromatic heterocycles. The van der Waals surface area contributed by atoms with Gasteiger partial charge in [0.2, 0.25) is 0 Å². The zero-order valence-electron chi connectivity index (χ0n) is 26.1. The molecule has 9 rings (SSSR count). The Bertz CT molecular complexity index is 2260. The monoisotopic (exact) mass is 611 g/mol. The lowest BCUT2D eigenvalue weighted by Crippen LogP contribution is -2.29. The van der Waals surface area contributed by atoms with Crippen LogP contribution in [0.1, 0.15) is 11.1 Å². The number of ether oxygens (including phenoxy) is 1. The number of pyridine rings is 1. The molecule has 0 N–H and O–H groups in total. The molecule has 4 heterocycles. The standard InChI is InChI=1S/C41H33N5O/c1-43-28-44(27-41(43)46-36-16-5-2-11-29(36)20-21-30-12-3-6-17-37(30)46)31-13-10-14-32(25-31)47-33-22-23-35-34-15-4-7-18-38(34)45(39(35)26-33)40-19-8-9-24-42-40/h2-19,22-27H,20-21,28H2,1H3. The van der Waals surface area contributed by atoms with Crippen molar-refractivity contribution in [2.24, 2.45) is 0 Å². The van der Waals surface area contributed by atoms with Gasteiger partial charge in [0.1, 0.15) is 23.1 Å². The summed E-state index contributed by atoms with van der Waals surface area (Å²) in [6.45, 7) is 0.732. The van der Waals surface area contributed by atoms with Gasteiger partial charge in [0.05, 0.1) is 29.1 Å². The van der Waals surface area contributed by atoms with E-state index >= 15 is 0 Å². The number of rotatable bonds is 5. The summed E-state index contributed by atoms with van der Waals surface area (Å²) in [6, 6.07) is 46.7. The van der Waals surface area contributed by atoms with Crippen LogP contribution in [0.2, 0.25) is 0 Å². The fraction of sp³-hybridized carbons (Fsp3) is 0.0976. The smallest absolute Gasteiger partial charge is 0.137 e. The maximum atomic E-state index is 6.55. The van der Waals surface area contributed by atoms with E-state index in [0.29, 0.717) is 0 Å². The number of benzene rings is 5. The van der Waals surface area contributed by atoms with Gasteiger partial charge in [-0.3, -0.25) is 9.47 Å². The van der Waals surface area contributed by atoms with Crippen LogP contribution in [-0.4, -0.2) is 28.2 Å². The molecule has 0 fully saturated rings. The summed E-state index contributed by atoms with van der Waals surface area (Å²) >= 11 is 0. The maximum Gasteiger partial charge on any atom is 0.137 e. The van der Waals surface area contributed by atoms with Gasteiger partial charge < -0.3 is 14.5 Å². The lowest BCUT2D eigenvalue weighted by atomic mass is 10.0. The van der Waals surface area contributed by atoms with E-state index in [9.17, 15) is 0 Å². The van der Waals surface area contributed by atoms with E-state index in [0.717, 1.165) is 59.4 Å². The van der Waals surface area contributed by atoms with Crippen molar-refractivity contribution in [3.8, 4) is 17.3 Å². The molecule has 2 aliphatic heterocycles. The Morgan fingerprint density at radius 3 is 2.11 bits per heavy atom. The number of fused-ring (bicyclic) bond motifs is 5. The summed E-state index contributed by atoms with van der Waals surface area (Å²) in [4.78, 5) is 11.7. The van der Waals surface area contributed by atoms with Gasteiger partial charge in [-0.15, -0.1) is 0 Å². The van der Waals surface area contributed by atoms with Gasteiger partial charge in [0.15, 0.2) is 0 Å². The van der Waals surface area contributed by atoms with E-state index in [1.165, 1.54) is 33.3 Å². The molecule has 0 spiro atoms. The van der Waals surface area contributed by atoms with Gasteiger partial charge >= 0.3 is 0 Å². The Balaban J connectivity index is 1.06. The topological polar surface area (TPSA) is 36.8 Å². The minimum Gasteiger partial charge on any atom is -0.457 e. The molecule has 0 aliphatic carbocycles. The number of para-hydroxylation sites is 3. The number of anilines is 3. The lowest BCUT2D eigenvalue weighted by Gasteiger charge is -2.31. The molecule has 0 amide bonds. The zero-order valence-corrected chi connectivity index (χ0v) is 26.1. The van der Waals surface area contributed by atoms with Crippen LogP contribution in [0.5, 0.6) is 11.5 Å². The first-order valence-corrected chi connectivity index (χ1v) is 16.1. The lowest BCUT2D eigenvalue weighted by molar-refractivity contribution is 0.451. The number of hydrogen-bond acceptors (Lipinski definition) is 5. The van der Waals surface area contributed by atoms with E-state index in [1.807, 2.05) is 30.5 Å². The second-order valence-electron chi connectivity index (χ2n) is 12.2. The van der Waals surface area contributed by atoms with Crippen LogP contribution >= 0.6 is 0 Å². The molecular weight excluding hydrogens is 578 g/mol. The predicted octanol–water partition coefficient (Wildman–Crippen LogP) is 9.42. The van der Waals surface area contributed by atoms with Gasteiger partial charge in [-0.05, 0) is 78.6 Å². The third kappa shape index (κ3) is 4.69. The van der Waals surface area contributed by atoms with Crippen LogP contribution in [0.3, 0.4) is 0 Å². The summed E-state index contributed by atoms with van der Waals surface area (Å²) in [5.41, 5.74) is 8.48. The van der Waals surface area contributed by atoms with Crippen molar-refractivity contribution < 1.29 is 4.74 Å². The minimum atomic E-state index is 0.732.